The van der Waals surface area contributed by atoms with Crippen molar-refractivity contribution in [2.75, 3.05) is 0 Å². The number of benzene rings is 1. The molecule has 108 valence electrons. The zero-order valence-corrected chi connectivity index (χ0v) is 12.7. The summed E-state index contributed by atoms with van der Waals surface area (Å²) in [7, 11) is 0. The fourth-order valence-electron chi connectivity index (χ4n) is 3.04. The Hall–Kier alpha value is -1.44. The average molecular weight is 272 g/mol. The van der Waals surface area contributed by atoms with Gasteiger partial charge in [0, 0.05) is 5.41 Å². The molecular formula is C18H24O2. The predicted molar refractivity (Wildman–Crippen MR) is 80.7 cm³/mol. The minimum Gasteiger partial charge on any atom is -0.299 e. The third-order valence-corrected chi connectivity index (χ3v) is 4.47. The molecule has 0 amide bonds. The molecule has 0 bridgehead atoms. The minimum atomic E-state index is -0.438. The van der Waals surface area contributed by atoms with Crippen LogP contribution in [0.3, 0.4) is 0 Å². The Bertz CT molecular complexity index is 488. The van der Waals surface area contributed by atoms with Gasteiger partial charge in [0.15, 0.2) is 5.78 Å². The number of hydrogen-bond acceptors (Lipinski definition) is 2. The van der Waals surface area contributed by atoms with E-state index in [2.05, 4.69) is 0 Å². The summed E-state index contributed by atoms with van der Waals surface area (Å²) in [6.45, 7) is 5.64. The van der Waals surface area contributed by atoms with Crippen molar-refractivity contribution in [3.05, 3.63) is 35.9 Å². The lowest BCUT2D eigenvalue weighted by Gasteiger charge is -2.29. The van der Waals surface area contributed by atoms with Gasteiger partial charge in [-0.3, -0.25) is 9.59 Å². The van der Waals surface area contributed by atoms with Crippen LogP contribution in [-0.2, 0) is 15.0 Å². The summed E-state index contributed by atoms with van der Waals surface area (Å²) < 4.78 is 0. The van der Waals surface area contributed by atoms with Crippen molar-refractivity contribution in [2.24, 2.45) is 5.41 Å². The molecule has 0 N–H and O–H groups in total. The van der Waals surface area contributed by atoms with Crippen LogP contribution in [0.25, 0.3) is 0 Å². The van der Waals surface area contributed by atoms with Crippen molar-refractivity contribution in [1.29, 1.82) is 0 Å². The number of carbonyl (C=O) groups is 2. The second-order valence-electron chi connectivity index (χ2n) is 6.93. The summed E-state index contributed by atoms with van der Waals surface area (Å²) in [5, 5.41) is 0. The molecule has 0 heterocycles. The number of Topliss-reactive ketones (excluding diaryl/α,β-unsaturated/α-hetero) is 2. The van der Waals surface area contributed by atoms with Gasteiger partial charge in [0.1, 0.15) is 5.78 Å². The van der Waals surface area contributed by atoms with Crippen LogP contribution in [0.1, 0.15) is 58.4 Å². The molecule has 1 aromatic rings. The van der Waals surface area contributed by atoms with E-state index in [9.17, 15) is 9.59 Å². The Morgan fingerprint density at radius 2 is 1.60 bits per heavy atom. The van der Waals surface area contributed by atoms with Crippen LogP contribution in [0.15, 0.2) is 30.3 Å². The second-order valence-corrected chi connectivity index (χ2v) is 6.93. The van der Waals surface area contributed by atoms with E-state index >= 15 is 0 Å². The molecule has 0 aliphatic heterocycles. The van der Waals surface area contributed by atoms with Crippen molar-refractivity contribution in [3.8, 4) is 0 Å². The van der Waals surface area contributed by atoms with E-state index in [0.29, 0.717) is 0 Å². The summed E-state index contributed by atoms with van der Waals surface area (Å²) in [6, 6.07) is 10.00. The van der Waals surface area contributed by atoms with Gasteiger partial charge in [-0.1, -0.05) is 63.9 Å². The van der Waals surface area contributed by atoms with Gasteiger partial charge in [0.25, 0.3) is 0 Å². The van der Waals surface area contributed by atoms with Crippen molar-refractivity contribution in [1.82, 2.24) is 0 Å². The fraction of sp³-hybridized carbons (Fsp3) is 0.556. The lowest BCUT2D eigenvalue weighted by atomic mass is 9.72. The highest BCUT2D eigenvalue weighted by Gasteiger charge is 2.43. The molecule has 1 aliphatic rings. The maximum atomic E-state index is 12.8. The molecule has 0 atom stereocenters. The van der Waals surface area contributed by atoms with Gasteiger partial charge < -0.3 is 0 Å². The van der Waals surface area contributed by atoms with Crippen molar-refractivity contribution in [3.63, 3.8) is 0 Å². The van der Waals surface area contributed by atoms with Gasteiger partial charge in [-0.2, -0.15) is 0 Å². The third-order valence-electron chi connectivity index (χ3n) is 4.47. The number of hydrogen-bond donors (Lipinski definition) is 0. The SMILES string of the molecule is CC(C)(C)C(=O)CC(=O)C1(c2ccccc2)CCCC1. The van der Waals surface area contributed by atoms with E-state index in [1.807, 2.05) is 51.1 Å². The first kappa shape index (κ1) is 15.0. The van der Waals surface area contributed by atoms with Crippen LogP contribution in [0, 0.1) is 5.41 Å². The molecule has 2 nitrogen and oxygen atoms in total. The monoisotopic (exact) mass is 272 g/mol. The first-order valence-corrected chi connectivity index (χ1v) is 7.48. The first-order chi connectivity index (χ1) is 9.36. The molecule has 1 fully saturated rings. The van der Waals surface area contributed by atoms with Gasteiger partial charge >= 0.3 is 0 Å². The lowest BCUT2D eigenvalue weighted by Crippen LogP contribution is -2.36. The fourth-order valence-corrected chi connectivity index (χ4v) is 3.04. The molecule has 1 aromatic carbocycles. The van der Waals surface area contributed by atoms with Crippen LogP contribution in [0.5, 0.6) is 0 Å². The largest absolute Gasteiger partial charge is 0.299 e. The molecule has 0 unspecified atom stereocenters. The molecule has 0 radical (unpaired) electrons. The average Bonchev–Trinajstić information content (AvgIpc) is 2.89. The highest BCUT2D eigenvalue weighted by Crippen LogP contribution is 2.43. The maximum absolute atomic E-state index is 12.8. The summed E-state index contributed by atoms with van der Waals surface area (Å²) in [5.41, 5.74) is 0.234. The second kappa shape index (κ2) is 5.51. The normalized spacial score (nSPS) is 17.9. The molecule has 0 spiro atoms. The molecular weight excluding hydrogens is 248 g/mol. The van der Waals surface area contributed by atoms with Crippen LogP contribution in [0.4, 0.5) is 0 Å². The molecule has 1 aliphatic carbocycles. The highest BCUT2D eigenvalue weighted by molar-refractivity contribution is 6.06. The topological polar surface area (TPSA) is 34.1 Å². The minimum absolute atomic E-state index is 0.0460. The van der Waals surface area contributed by atoms with Gasteiger partial charge in [-0.25, -0.2) is 0 Å². The first-order valence-electron chi connectivity index (χ1n) is 7.48. The van der Waals surface area contributed by atoms with Gasteiger partial charge in [-0.15, -0.1) is 0 Å². The lowest BCUT2D eigenvalue weighted by molar-refractivity contribution is -0.134. The Balaban J connectivity index is 2.26. The van der Waals surface area contributed by atoms with Crippen LogP contribution in [-0.4, -0.2) is 11.6 Å². The Kier molecular flexibility index (Phi) is 4.12. The highest BCUT2D eigenvalue weighted by atomic mass is 16.2. The number of ketones is 2. The Labute approximate surface area is 121 Å². The summed E-state index contributed by atoms with van der Waals surface area (Å²) in [4.78, 5) is 25.0. The molecule has 2 heteroatoms. The Morgan fingerprint density at radius 3 is 2.10 bits per heavy atom. The van der Waals surface area contributed by atoms with Crippen molar-refractivity contribution in [2.45, 2.75) is 58.3 Å². The standard InChI is InChI=1S/C18H24O2/c1-17(2,3)15(19)13-16(20)18(11-7-8-12-18)14-9-5-4-6-10-14/h4-6,9-10H,7-8,11-13H2,1-3H3. The molecule has 20 heavy (non-hydrogen) atoms. The summed E-state index contributed by atoms with van der Waals surface area (Å²) in [5.74, 6) is 0.158. The van der Waals surface area contributed by atoms with Crippen molar-refractivity contribution < 1.29 is 9.59 Å². The van der Waals surface area contributed by atoms with E-state index in [1.165, 1.54) is 0 Å². The Morgan fingerprint density at radius 1 is 1.05 bits per heavy atom. The van der Waals surface area contributed by atoms with Crippen LogP contribution in [0.2, 0.25) is 0 Å². The van der Waals surface area contributed by atoms with E-state index in [-0.39, 0.29) is 18.0 Å². The number of rotatable bonds is 4. The van der Waals surface area contributed by atoms with Crippen LogP contribution >= 0.6 is 0 Å². The molecule has 2 rings (SSSR count). The smallest absolute Gasteiger partial charge is 0.150 e. The van der Waals surface area contributed by atoms with Crippen LogP contribution < -0.4 is 0 Å². The van der Waals surface area contributed by atoms with E-state index in [4.69, 9.17) is 0 Å². The summed E-state index contributed by atoms with van der Waals surface area (Å²) >= 11 is 0. The quantitative estimate of drug-likeness (QED) is 0.774. The maximum Gasteiger partial charge on any atom is 0.150 e. The van der Waals surface area contributed by atoms with Gasteiger partial charge in [-0.05, 0) is 18.4 Å². The van der Waals surface area contributed by atoms with E-state index in [1.54, 1.807) is 0 Å². The van der Waals surface area contributed by atoms with E-state index in [0.717, 1.165) is 31.2 Å². The zero-order valence-electron chi connectivity index (χ0n) is 12.7. The zero-order chi connectivity index (χ0) is 14.8. The van der Waals surface area contributed by atoms with Gasteiger partial charge in [0.05, 0.1) is 11.8 Å². The third kappa shape index (κ3) is 2.84. The molecule has 1 saturated carbocycles. The summed E-state index contributed by atoms with van der Waals surface area (Å²) in [6.07, 6.45) is 3.98. The van der Waals surface area contributed by atoms with Gasteiger partial charge in [0.2, 0.25) is 0 Å². The van der Waals surface area contributed by atoms with E-state index < -0.39 is 10.8 Å². The predicted octanol–water partition coefficient (Wildman–Crippen LogP) is 4.07. The molecule has 0 saturated heterocycles. The molecule has 0 aromatic heterocycles. The number of carbonyl (C=O) groups excluding carboxylic acids is 2. The van der Waals surface area contributed by atoms with Crippen molar-refractivity contribution >= 4 is 11.6 Å².